The third-order valence-electron chi connectivity index (χ3n) is 3.34. The molecule has 0 saturated heterocycles. The molecule has 0 aliphatic heterocycles. The van der Waals surface area contributed by atoms with E-state index in [9.17, 15) is 4.89 Å². The average molecular weight is 296 g/mol. The molecular formula is C18H17O2P. The molecule has 0 radical (unpaired) electrons. The molecule has 0 atom stereocenters. The summed E-state index contributed by atoms with van der Waals surface area (Å²) in [6.45, 7) is 0. The third-order valence-corrected chi connectivity index (χ3v) is 6.10. The van der Waals surface area contributed by atoms with E-state index in [2.05, 4.69) is 0 Å². The van der Waals surface area contributed by atoms with Crippen molar-refractivity contribution in [2.45, 2.75) is 0 Å². The van der Waals surface area contributed by atoms with E-state index < -0.39 is 7.72 Å². The number of hydrogen-bond acceptors (Lipinski definition) is 2. The Labute approximate surface area is 125 Å². The van der Waals surface area contributed by atoms with Crippen molar-refractivity contribution >= 4 is 18.3 Å². The molecule has 0 aromatic heterocycles. The van der Waals surface area contributed by atoms with Gasteiger partial charge in [-0.25, -0.2) is 0 Å². The van der Waals surface area contributed by atoms with Gasteiger partial charge in [-0.2, -0.15) is 0 Å². The Hall–Kier alpha value is -2.15. The van der Waals surface area contributed by atoms with Crippen LogP contribution in [0.1, 0.15) is 0 Å². The maximum atomic E-state index is 11.3. The van der Waals surface area contributed by atoms with Gasteiger partial charge < -0.3 is 0 Å². The van der Waals surface area contributed by atoms with Gasteiger partial charge in [-0.15, -0.1) is 0 Å². The van der Waals surface area contributed by atoms with Crippen LogP contribution in [0.25, 0.3) is 0 Å². The molecule has 0 aliphatic rings. The second-order valence-corrected chi connectivity index (χ2v) is 7.44. The Morgan fingerprint density at radius 1 is 0.571 bits per heavy atom. The minimum absolute atomic E-state index is 0.680. The summed E-state index contributed by atoms with van der Waals surface area (Å²) in [5.41, 5.74) is 0. The fourth-order valence-corrected chi connectivity index (χ4v) is 4.61. The molecule has 0 aliphatic carbocycles. The second-order valence-electron chi connectivity index (χ2n) is 4.79. The molecule has 3 aromatic carbocycles. The van der Waals surface area contributed by atoms with Gasteiger partial charge >= 0.3 is 124 Å². The molecule has 2 nitrogen and oxygen atoms in total. The molecule has 106 valence electrons. The number of para-hydroxylation sites is 1. The number of rotatable bonds is 4. The zero-order valence-corrected chi connectivity index (χ0v) is 12.5. The molecule has 3 heteroatoms. The van der Waals surface area contributed by atoms with E-state index in [0.717, 1.165) is 10.6 Å². The van der Waals surface area contributed by atoms with E-state index in [1.165, 1.54) is 0 Å². The Balaban J connectivity index is 2.07. The van der Waals surface area contributed by atoms with Crippen LogP contribution in [0.4, 0.5) is 0 Å². The van der Waals surface area contributed by atoms with Crippen LogP contribution in [0.3, 0.4) is 0 Å². The molecule has 0 fully saturated rings. The van der Waals surface area contributed by atoms with Crippen LogP contribution in [0.2, 0.25) is 0 Å². The van der Waals surface area contributed by atoms with Crippen LogP contribution in [0, 0.1) is 0 Å². The van der Waals surface area contributed by atoms with E-state index in [1.54, 1.807) is 0 Å². The van der Waals surface area contributed by atoms with Gasteiger partial charge in [-0.3, -0.25) is 0 Å². The monoisotopic (exact) mass is 296 g/mol. The molecule has 0 bridgehead atoms. The predicted octanol–water partition coefficient (Wildman–Crippen LogP) is 3.29. The molecule has 0 saturated carbocycles. The van der Waals surface area contributed by atoms with Gasteiger partial charge in [0.2, 0.25) is 0 Å². The number of benzene rings is 3. The van der Waals surface area contributed by atoms with E-state index in [-0.39, 0.29) is 0 Å². The van der Waals surface area contributed by atoms with Gasteiger partial charge in [-0.1, -0.05) is 0 Å². The molecule has 0 spiro atoms. The molecule has 21 heavy (non-hydrogen) atoms. The predicted molar refractivity (Wildman–Crippen MR) is 89.8 cm³/mol. The van der Waals surface area contributed by atoms with Gasteiger partial charge in [0, 0.05) is 0 Å². The SMILES string of the molecule is O[PH](Oc1ccccc1)(c1ccccc1)c1ccccc1. The molecule has 0 unspecified atom stereocenters. The molecule has 3 aromatic rings. The fourth-order valence-electron chi connectivity index (χ4n) is 2.27. The second kappa shape index (κ2) is 6.09. The normalized spacial score (nSPS) is 11.9. The summed E-state index contributed by atoms with van der Waals surface area (Å²) in [7, 11) is -3.24. The summed E-state index contributed by atoms with van der Waals surface area (Å²) in [4.78, 5) is 11.3. The average Bonchev–Trinajstić information content (AvgIpc) is 2.57. The molecule has 3 rings (SSSR count). The fraction of sp³-hybridized carbons (Fsp3) is 0. The van der Waals surface area contributed by atoms with Crippen LogP contribution < -0.4 is 15.1 Å². The van der Waals surface area contributed by atoms with Crippen molar-refractivity contribution in [2.75, 3.05) is 0 Å². The first kappa shape index (κ1) is 13.8. The van der Waals surface area contributed by atoms with Crippen molar-refractivity contribution in [1.29, 1.82) is 0 Å². The van der Waals surface area contributed by atoms with Gasteiger partial charge in [-0.05, 0) is 0 Å². The van der Waals surface area contributed by atoms with Crippen LogP contribution >= 0.6 is 7.72 Å². The van der Waals surface area contributed by atoms with Crippen LogP contribution in [-0.4, -0.2) is 4.89 Å². The summed E-state index contributed by atoms with van der Waals surface area (Å²) in [5, 5.41) is 1.67. The zero-order valence-electron chi connectivity index (χ0n) is 11.5. The topological polar surface area (TPSA) is 29.5 Å². The number of hydrogen-bond donors (Lipinski definition) is 1. The first-order chi connectivity index (χ1) is 10.3. The first-order valence-corrected chi connectivity index (χ1v) is 8.72. The molecule has 1 N–H and O–H groups in total. The molecular weight excluding hydrogens is 279 g/mol. The van der Waals surface area contributed by atoms with E-state index >= 15 is 0 Å². The summed E-state index contributed by atoms with van der Waals surface area (Å²) in [6.07, 6.45) is 0. The van der Waals surface area contributed by atoms with Crippen LogP contribution in [0.15, 0.2) is 91.0 Å². The van der Waals surface area contributed by atoms with Crippen molar-refractivity contribution in [1.82, 2.24) is 0 Å². The first-order valence-electron chi connectivity index (χ1n) is 6.86. The summed E-state index contributed by atoms with van der Waals surface area (Å²) in [6, 6.07) is 28.7. The van der Waals surface area contributed by atoms with Gasteiger partial charge in [0.05, 0.1) is 0 Å². The third kappa shape index (κ3) is 2.97. The quantitative estimate of drug-likeness (QED) is 0.749. The van der Waals surface area contributed by atoms with Gasteiger partial charge in [0.15, 0.2) is 0 Å². The summed E-state index contributed by atoms with van der Waals surface area (Å²) < 4.78 is 6.07. The molecule has 0 heterocycles. The van der Waals surface area contributed by atoms with E-state index in [1.807, 2.05) is 91.0 Å². The van der Waals surface area contributed by atoms with Crippen molar-refractivity contribution in [3.05, 3.63) is 91.0 Å². The van der Waals surface area contributed by atoms with Crippen LogP contribution in [-0.2, 0) is 0 Å². The maximum absolute atomic E-state index is 11.3. The Kier molecular flexibility index (Phi) is 4.01. The zero-order chi connectivity index (χ0) is 14.5. The van der Waals surface area contributed by atoms with E-state index in [4.69, 9.17) is 4.52 Å². The minimum atomic E-state index is -3.24. The molecule has 0 amide bonds. The Bertz CT molecular complexity index is 645. The summed E-state index contributed by atoms with van der Waals surface area (Å²) in [5.74, 6) is 0.680. The van der Waals surface area contributed by atoms with Crippen molar-refractivity contribution in [2.24, 2.45) is 0 Å². The van der Waals surface area contributed by atoms with Gasteiger partial charge in [0.1, 0.15) is 0 Å². The van der Waals surface area contributed by atoms with Gasteiger partial charge in [0.25, 0.3) is 0 Å². The van der Waals surface area contributed by atoms with Crippen LogP contribution in [0.5, 0.6) is 5.75 Å². The van der Waals surface area contributed by atoms with E-state index in [0.29, 0.717) is 5.75 Å². The standard InChI is InChI=1S/C18H17O2P/c19-21(17-12-6-2-7-13-17,18-14-8-3-9-15-18)20-16-10-4-1-5-11-16/h1-15,19,21H. The summed E-state index contributed by atoms with van der Waals surface area (Å²) >= 11 is 0. The van der Waals surface area contributed by atoms with Crippen molar-refractivity contribution in [3.63, 3.8) is 0 Å². The Morgan fingerprint density at radius 2 is 0.952 bits per heavy atom. The van der Waals surface area contributed by atoms with Crippen molar-refractivity contribution < 1.29 is 9.42 Å². The van der Waals surface area contributed by atoms with Crippen molar-refractivity contribution in [3.8, 4) is 5.75 Å². The Morgan fingerprint density at radius 3 is 1.38 bits per heavy atom.